The maximum atomic E-state index is 12.0. The molecule has 0 unspecified atom stereocenters. The van der Waals surface area contributed by atoms with Gasteiger partial charge in [-0.05, 0) is 35.7 Å². The number of imidazole rings is 1. The van der Waals surface area contributed by atoms with Gasteiger partial charge in [0.25, 0.3) is 0 Å². The lowest BCUT2D eigenvalue weighted by Gasteiger charge is -2.06. The van der Waals surface area contributed by atoms with Crippen molar-refractivity contribution in [3.63, 3.8) is 0 Å². The highest BCUT2D eigenvalue weighted by molar-refractivity contribution is 6.31. The number of fused-ring (bicyclic) bond motifs is 2. The van der Waals surface area contributed by atoms with Gasteiger partial charge in [0.1, 0.15) is 0 Å². The summed E-state index contributed by atoms with van der Waals surface area (Å²) < 4.78 is 1.92. The van der Waals surface area contributed by atoms with Gasteiger partial charge in [-0.2, -0.15) is 0 Å². The predicted octanol–water partition coefficient (Wildman–Crippen LogP) is 3.47. The van der Waals surface area contributed by atoms with Gasteiger partial charge in [-0.15, -0.1) is 0 Å². The fraction of sp³-hybridized carbons (Fsp3) is 0.111. The molecule has 0 radical (unpaired) electrons. The van der Waals surface area contributed by atoms with Crippen molar-refractivity contribution < 1.29 is 4.79 Å². The number of aromatic nitrogens is 3. The first-order chi connectivity index (χ1) is 12.2. The van der Waals surface area contributed by atoms with Crippen LogP contribution in [0.1, 0.15) is 11.4 Å². The zero-order valence-corrected chi connectivity index (χ0v) is 14.0. The van der Waals surface area contributed by atoms with Crippen molar-refractivity contribution in [2.75, 3.05) is 0 Å². The number of nitrogens with zero attached hydrogens (tertiary/aromatic N) is 2. The Balaban J connectivity index is 1.35. The van der Waals surface area contributed by atoms with Crippen LogP contribution >= 0.6 is 11.6 Å². The molecule has 3 N–H and O–H groups in total. The Morgan fingerprint density at radius 1 is 1.16 bits per heavy atom. The molecule has 0 spiro atoms. The number of urea groups is 1. The summed E-state index contributed by atoms with van der Waals surface area (Å²) in [6.45, 7) is 0.775. The second kappa shape index (κ2) is 6.49. The fourth-order valence-electron chi connectivity index (χ4n) is 2.79. The topological polar surface area (TPSA) is 74.2 Å². The van der Waals surface area contributed by atoms with Crippen LogP contribution in [0.15, 0.2) is 55.0 Å². The molecule has 1 aromatic carbocycles. The third kappa shape index (κ3) is 3.29. The van der Waals surface area contributed by atoms with Gasteiger partial charge in [0.2, 0.25) is 0 Å². The Morgan fingerprint density at radius 3 is 2.96 bits per heavy atom. The molecule has 6 nitrogen and oxygen atoms in total. The zero-order valence-electron chi connectivity index (χ0n) is 13.3. The summed E-state index contributed by atoms with van der Waals surface area (Å²) in [5.74, 6) is 0. The number of benzene rings is 1. The molecule has 0 aliphatic rings. The average Bonchev–Trinajstić information content (AvgIpc) is 3.21. The molecular formula is C18H16ClN5O. The zero-order chi connectivity index (χ0) is 17.2. The number of aromatic amines is 1. The van der Waals surface area contributed by atoms with Crippen LogP contribution in [0.5, 0.6) is 0 Å². The second-order valence-electron chi connectivity index (χ2n) is 5.75. The van der Waals surface area contributed by atoms with Crippen molar-refractivity contribution in [1.29, 1.82) is 0 Å². The van der Waals surface area contributed by atoms with Gasteiger partial charge in [0, 0.05) is 22.4 Å². The molecule has 0 saturated carbocycles. The minimum absolute atomic E-state index is 0.242. The van der Waals surface area contributed by atoms with Crippen LogP contribution in [0.25, 0.3) is 16.4 Å². The maximum Gasteiger partial charge on any atom is 0.315 e. The largest absolute Gasteiger partial charge is 0.357 e. The van der Waals surface area contributed by atoms with E-state index in [4.69, 9.17) is 11.6 Å². The summed E-state index contributed by atoms with van der Waals surface area (Å²) in [4.78, 5) is 19.6. The summed E-state index contributed by atoms with van der Waals surface area (Å²) >= 11 is 5.98. The van der Waals surface area contributed by atoms with Gasteiger partial charge < -0.3 is 20.0 Å². The number of amides is 2. The molecule has 7 heteroatoms. The number of carbonyl (C=O) groups is 1. The Hall–Kier alpha value is -2.99. The highest BCUT2D eigenvalue weighted by Gasteiger charge is 2.07. The number of hydrogen-bond donors (Lipinski definition) is 3. The Kier molecular flexibility index (Phi) is 4.03. The Morgan fingerprint density at radius 2 is 2.04 bits per heavy atom. The highest BCUT2D eigenvalue weighted by Crippen LogP contribution is 2.19. The fourth-order valence-corrected chi connectivity index (χ4v) is 2.96. The van der Waals surface area contributed by atoms with Crippen molar-refractivity contribution in [3.05, 3.63) is 71.4 Å². The van der Waals surface area contributed by atoms with E-state index in [2.05, 4.69) is 20.6 Å². The number of halogens is 1. The molecule has 0 aliphatic carbocycles. The SMILES string of the molecule is O=C(NCc1cc2ccc(Cl)cc2[nH]1)NCc1ncn2ccccc12. The van der Waals surface area contributed by atoms with Crippen LogP contribution in [0.4, 0.5) is 4.79 Å². The number of H-pyrrole nitrogens is 1. The third-order valence-electron chi connectivity index (χ3n) is 4.02. The quantitative estimate of drug-likeness (QED) is 0.525. The second-order valence-corrected chi connectivity index (χ2v) is 6.18. The summed E-state index contributed by atoms with van der Waals surface area (Å²) in [7, 11) is 0. The van der Waals surface area contributed by atoms with Crippen molar-refractivity contribution in [2.45, 2.75) is 13.1 Å². The molecular weight excluding hydrogens is 338 g/mol. The van der Waals surface area contributed by atoms with Gasteiger partial charge in [0.15, 0.2) is 0 Å². The molecule has 3 heterocycles. The van der Waals surface area contributed by atoms with Crippen molar-refractivity contribution in [3.8, 4) is 0 Å². The van der Waals surface area contributed by atoms with Gasteiger partial charge in [0.05, 0.1) is 30.6 Å². The van der Waals surface area contributed by atoms with Gasteiger partial charge >= 0.3 is 6.03 Å². The normalized spacial score (nSPS) is 11.1. The van der Waals surface area contributed by atoms with E-state index < -0.39 is 0 Å². The van der Waals surface area contributed by atoms with Crippen LogP contribution in [0.2, 0.25) is 5.02 Å². The monoisotopic (exact) mass is 353 g/mol. The molecule has 126 valence electrons. The lowest BCUT2D eigenvalue weighted by Crippen LogP contribution is -2.34. The molecule has 0 saturated heterocycles. The van der Waals surface area contributed by atoms with E-state index in [1.54, 1.807) is 6.33 Å². The lowest BCUT2D eigenvalue weighted by molar-refractivity contribution is 0.240. The van der Waals surface area contributed by atoms with Crippen molar-refractivity contribution >= 4 is 34.1 Å². The van der Waals surface area contributed by atoms with Crippen LogP contribution in [-0.2, 0) is 13.1 Å². The minimum Gasteiger partial charge on any atom is -0.357 e. The predicted molar refractivity (Wildman–Crippen MR) is 97.6 cm³/mol. The van der Waals surface area contributed by atoms with Crippen LogP contribution < -0.4 is 10.6 Å². The Labute approximate surface area is 148 Å². The first-order valence-electron chi connectivity index (χ1n) is 7.88. The molecule has 2 amide bonds. The molecule has 0 fully saturated rings. The summed E-state index contributed by atoms with van der Waals surface area (Å²) in [5.41, 5.74) is 3.68. The van der Waals surface area contributed by atoms with Crippen LogP contribution in [0.3, 0.4) is 0 Å². The van der Waals surface area contributed by atoms with Gasteiger partial charge in [-0.3, -0.25) is 0 Å². The number of pyridine rings is 1. The van der Waals surface area contributed by atoms with Crippen LogP contribution in [0, 0.1) is 0 Å². The smallest absolute Gasteiger partial charge is 0.315 e. The first kappa shape index (κ1) is 15.5. The van der Waals surface area contributed by atoms with Gasteiger partial charge in [-0.1, -0.05) is 23.7 Å². The molecule has 0 aliphatic heterocycles. The summed E-state index contributed by atoms with van der Waals surface area (Å²) in [6.07, 6.45) is 3.66. The van der Waals surface area contributed by atoms with Gasteiger partial charge in [-0.25, -0.2) is 9.78 Å². The van der Waals surface area contributed by atoms with E-state index in [9.17, 15) is 4.79 Å². The molecule has 0 bridgehead atoms. The van der Waals surface area contributed by atoms with Crippen LogP contribution in [-0.4, -0.2) is 20.4 Å². The van der Waals surface area contributed by atoms with E-state index >= 15 is 0 Å². The Bertz CT molecular complexity index is 1050. The number of hydrogen-bond acceptors (Lipinski definition) is 2. The summed E-state index contributed by atoms with van der Waals surface area (Å²) in [6, 6.07) is 13.3. The lowest BCUT2D eigenvalue weighted by atomic mass is 10.2. The van der Waals surface area contributed by atoms with E-state index in [1.165, 1.54) is 0 Å². The molecule has 25 heavy (non-hydrogen) atoms. The minimum atomic E-state index is -0.242. The summed E-state index contributed by atoms with van der Waals surface area (Å²) in [5, 5.41) is 7.41. The molecule has 3 aromatic heterocycles. The number of carbonyl (C=O) groups excluding carboxylic acids is 1. The average molecular weight is 354 g/mol. The number of rotatable bonds is 4. The van der Waals surface area contributed by atoms with E-state index in [-0.39, 0.29) is 6.03 Å². The molecule has 4 aromatic rings. The maximum absolute atomic E-state index is 12.0. The third-order valence-corrected chi connectivity index (χ3v) is 4.25. The van der Waals surface area contributed by atoms with Crippen molar-refractivity contribution in [2.24, 2.45) is 0 Å². The first-order valence-corrected chi connectivity index (χ1v) is 8.26. The van der Waals surface area contributed by atoms with Crippen molar-refractivity contribution in [1.82, 2.24) is 25.0 Å². The van der Waals surface area contributed by atoms with E-state index in [0.717, 1.165) is 27.8 Å². The standard InChI is InChI=1S/C18H16ClN5O/c19-13-5-4-12-7-14(23-15(12)8-13)9-20-18(25)21-10-16-17-3-1-2-6-24(17)11-22-16/h1-8,11,23H,9-10H2,(H2,20,21,25). The molecule has 0 atom stereocenters. The highest BCUT2D eigenvalue weighted by atomic mass is 35.5. The van der Waals surface area contributed by atoms with E-state index in [1.807, 2.05) is 53.1 Å². The number of nitrogens with one attached hydrogen (secondary N) is 3. The van der Waals surface area contributed by atoms with E-state index in [0.29, 0.717) is 18.1 Å². The molecule has 4 rings (SSSR count).